The van der Waals surface area contributed by atoms with E-state index in [1.807, 2.05) is 0 Å². The van der Waals surface area contributed by atoms with E-state index >= 15 is 0 Å². The number of nitrogens with two attached hydrogens (primary N) is 1. The molecule has 5 nitrogen and oxygen atoms in total. The van der Waals surface area contributed by atoms with Crippen LogP contribution in [-0.2, 0) is 14.9 Å². The summed E-state index contributed by atoms with van der Waals surface area (Å²) in [6.07, 6.45) is 0.838. The van der Waals surface area contributed by atoms with Gasteiger partial charge in [0.2, 0.25) is 0 Å². The van der Waals surface area contributed by atoms with Gasteiger partial charge in [-0.25, -0.2) is 5.14 Å². The van der Waals surface area contributed by atoms with Gasteiger partial charge in [0.25, 0.3) is 10.2 Å². The lowest BCUT2D eigenvalue weighted by molar-refractivity contribution is 0.157. The molecular weight excluding hydrogens is 180 g/mol. The van der Waals surface area contributed by atoms with Crippen LogP contribution in [0.2, 0.25) is 0 Å². The molecule has 0 aromatic carbocycles. The molecular formula is C6H14N2O3S. The predicted molar refractivity (Wildman–Crippen MR) is 44.7 cm³/mol. The highest BCUT2D eigenvalue weighted by molar-refractivity contribution is 7.86. The average Bonchev–Trinajstić information content (AvgIpc) is 2.35. The smallest absolute Gasteiger partial charge is 0.276 e. The minimum absolute atomic E-state index is 0.299. The summed E-state index contributed by atoms with van der Waals surface area (Å²) in [6.45, 7) is 1.62. The summed E-state index contributed by atoms with van der Waals surface area (Å²) in [5, 5.41) is 4.96. The van der Waals surface area contributed by atoms with Crippen LogP contribution >= 0.6 is 0 Å². The quantitative estimate of drug-likeness (QED) is 0.636. The number of hydrogen-bond acceptors (Lipinski definition) is 3. The normalized spacial score (nSPS) is 26.3. The molecule has 6 heteroatoms. The Labute approximate surface area is 72.7 Å². The Hall–Kier alpha value is -0.170. The Morgan fingerprint density at radius 3 is 2.75 bits per heavy atom. The summed E-state index contributed by atoms with van der Waals surface area (Å²) in [5.74, 6) is 0.299. The first kappa shape index (κ1) is 9.91. The first-order chi connectivity index (χ1) is 5.54. The molecule has 0 unspecified atom stereocenters. The molecule has 0 bridgehead atoms. The van der Waals surface area contributed by atoms with Gasteiger partial charge < -0.3 is 4.74 Å². The summed E-state index contributed by atoms with van der Waals surface area (Å²) in [7, 11) is -1.87. The van der Waals surface area contributed by atoms with Gasteiger partial charge in [-0.05, 0) is 12.3 Å². The molecule has 1 atom stereocenters. The predicted octanol–water partition coefficient (Wildman–Crippen LogP) is -0.842. The number of nitrogens with zero attached hydrogens (tertiary/aromatic N) is 1. The monoisotopic (exact) mass is 194 g/mol. The van der Waals surface area contributed by atoms with Gasteiger partial charge in [0.1, 0.15) is 0 Å². The van der Waals surface area contributed by atoms with E-state index in [2.05, 4.69) is 0 Å². The summed E-state index contributed by atoms with van der Waals surface area (Å²) < 4.78 is 27.9. The second-order valence-electron chi connectivity index (χ2n) is 3.01. The van der Waals surface area contributed by atoms with E-state index in [-0.39, 0.29) is 0 Å². The maximum atomic E-state index is 10.8. The fourth-order valence-electron chi connectivity index (χ4n) is 1.40. The van der Waals surface area contributed by atoms with Gasteiger partial charge in [-0.2, -0.15) is 12.7 Å². The third kappa shape index (κ3) is 2.41. The van der Waals surface area contributed by atoms with E-state index in [4.69, 9.17) is 9.88 Å². The fraction of sp³-hybridized carbons (Fsp3) is 1.00. The molecule has 72 valence electrons. The van der Waals surface area contributed by atoms with Gasteiger partial charge in [0.15, 0.2) is 0 Å². The van der Waals surface area contributed by atoms with Crippen molar-refractivity contribution in [2.45, 2.75) is 6.42 Å². The zero-order valence-corrected chi connectivity index (χ0v) is 7.88. The summed E-state index contributed by atoms with van der Waals surface area (Å²) in [6, 6.07) is 0. The van der Waals surface area contributed by atoms with Gasteiger partial charge in [-0.1, -0.05) is 0 Å². The van der Waals surface area contributed by atoms with E-state index < -0.39 is 10.2 Å². The van der Waals surface area contributed by atoms with Crippen LogP contribution in [0.4, 0.5) is 0 Å². The van der Waals surface area contributed by atoms with Crippen LogP contribution < -0.4 is 5.14 Å². The van der Waals surface area contributed by atoms with Gasteiger partial charge in [-0.3, -0.25) is 0 Å². The van der Waals surface area contributed by atoms with Gasteiger partial charge in [-0.15, -0.1) is 0 Å². The fourth-order valence-corrected chi connectivity index (χ4v) is 2.18. The summed E-state index contributed by atoms with van der Waals surface area (Å²) in [5.41, 5.74) is 0. The zero-order chi connectivity index (χ0) is 9.19. The van der Waals surface area contributed by atoms with Crippen molar-refractivity contribution < 1.29 is 13.2 Å². The zero-order valence-electron chi connectivity index (χ0n) is 7.06. The van der Waals surface area contributed by atoms with Gasteiger partial charge >= 0.3 is 0 Å². The highest BCUT2D eigenvalue weighted by Crippen LogP contribution is 2.17. The van der Waals surface area contributed by atoms with E-state index in [0.29, 0.717) is 25.6 Å². The van der Waals surface area contributed by atoms with Gasteiger partial charge in [0.05, 0.1) is 6.61 Å². The third-order valence-electron chi connectivity index (χ3n) is 2.01. The van der Waals surface area contributed by atoms with Crippen molar-refractivity contribution in [1.82, 2.24) is 4.31 Å². The van der Waals surface area contributed by atoms with Crippen molar-refractivity contribution >= 4 is 10.2 Å². The van der Waals surface area contributed by atoms with Crippen molar-refractivity contribution in [3.63, 3.8) is 0 Å². The Bertz CT molecular complexity index is 239. The molecule has 0 aliphatic carbocycles. The second kappa shape index (κ2) is 3.69. The average molecular weight is 194 g/mol. The minimum Gasteiger partial charge on any atom is -0.384 e. The van der Waals surface area contributed by atoms with Gasteiger partial charge in [0, 0.05) is 20.2 Å². The first-order valence-corrected chi connectivity index (χ1v) is 5.31. The Balaban J connectivity index is 2.46. The van der Waals surface area contributed by atoms with Crippen LogP contribution in [0.3, 0.4) is 0 Å². The van der Waals surface area contributed by atoms with Crippen molar-refractivity contribution in [2.75, 3.05) is 26.8 Å². The van der Waals surface area contributed by atoms with E-state index in [0.717, 1.165) is 6.42 Å². The van der Waals surface area contributed by atoms with E-state index in [1.165, 1.54) is 4.31 Å². The Morgan fingerprint density at radius 2 is 2.33 bits per heavy atom. The number of hydrogen-bond donors (Lipinski definition) is 1. The SMILES string of the molecule is COC[C@H]1CCN(S(N)(=O)=O)C1. The molecule has 0 amide bonds. The maximum absolute atomic E-state index is 10.8. The highest BCUT2D eigenvalue weighted by Gasteiger charge is 2.28. The lowest BCUT2D eigenvalue weighted by atomic mass is 10.1. The minimum atomic E-state index is -3.48. The lowest BCUT2D eigenvalue weighted by Gasteiger charge is -2.11. The summed E-state index contributed by atoms with van der Waals surface area (Å²) >= 11 is 0. The number of ether oxygens (including phenoxy) is 1. The van der Waals surface area contributed by atoms with Crippen LogP contribution in [0.25, 0.3) is 0 Å². The molecule has 0 saturated carbocycles. The molecule has 0 aromatic heterocycles. The van der Waals surface area contributed by atoms with Crippen LogP contribution in [0.1, 0.15) is 6.42 Å². The van der Waals surface area contributed by atoms with Crippen LogP contribution in [-0.4, -0.2) is 39.5 Å². The molecule has 1 saturated heterocycles. The van der Waals surface area contributed by atoms with E-state index in [9.17, 15) is 8.42 Å². The molecule has 0 aromatic rings. The Morgan fingerprint density at radius 1 is 1.67 bits per heavy atom. The van der Waals surface area contributed by atoms with Crippen LogP contribution in [0.15, 0.2) is 0 Å². The molecule has 12 heavy (non-hydrogen) atoms. The Kier molecular flexibility index (Phi) is 3.05. The summed E-state index contributed by atoms with van der Waals surface area (Å²) in [4.78, 5) is 0. The van der Waals surface area contributed by atoms with Crippen LogP contribution in [0, 0.1) is 5.92 Å². The molecule has 0 spiro atoms. The second-order valence-corrected chi connectivity index (χ2v) is 4.56. The van der Waals surface area contributed by atoms with Crippen molar-refractivity contribution in [1.29, 1.82) is 0 Å². The molecule has 0 radical (unpaired) electrons. The number of rotatable bonds is 3. The molecule has 2 N–H and O–H groups in total. The molecule has 1 rings (SSSR count). The largest absolute Gasteiger partial charge is 0.384 e. The molecule has 1 heterocycles. The standard InChI is InChI=1S/C6H14N2O3S/c1-11-5-6-2-3-8(4-6)12(7,9)10/h6H,2-5H2,1H3,(H2,7,9,10)/t6-/m0/s1. The molecule has 1 aliphatic heterocycles. The topological polar surface area (TPSA) is 72.6 Å². The third-order valence-corrected chi connectivity index (χ3v) is 3.06. The molecule has 1 fully saturated rings. The van der Waals surface area contributed by atoms with Crippen molar-refractivity contribution in [3.05, 3.63) is 0 Å². The molecule has 1 aliphatic rings. The highest BCUT2D eigenvalue weighted by atomic mass is 32.2. The first-order valence-electron chi connectivity index (χ1n) is 3.81. The lowest BCUT2D eigenvalue weighted by Crippen LogP contribution is -2.35. The van der Waals surface area contributed by atoms with Crippen molar-refractivity contribution in [3.8, 4) is 0 Å². The van der Waals surface area contributed by atoms with Crippen LogP contribution in [0.5, 0.6) is 0 Å². The maximum Gasteiger partial charge on any atom is 0.276 e. The van der Waals surface area contributed by atoms with E-state index in [1.54, 1.807) is 7.11 Å². The number of methoxy groups -OCH3 is 1. The van der Waals surface area contributed by atoms with Crippen molar-refractivity contribution in [2.24, 2.45) is 11.1 Å².